The number of benzene rings is 1. The molecule has 1 N–H and O–H groups in total. The summed E-state index contributed by atoms with van der Waals surface area (Å²) < 4.78 is 48.7. The van der Waals surface area contributed by atoms with Crippen molar-refractivity contribution >= 4 is 11.8 Å². The van der Waals surface area contributed by atoms with Gasteiger partial charge < -0.3 is 5.32 Å². The summed E-state index contributed by atoms with van der Waals surface area (Å²) in [6, 6.07) is 5.76. The molecule has 0 aromatic heterocycles. The lowest BCUT2D eigenvalue weighted by Crippen LogP contribution is -2.19. The van der Waals surface area contributed by atoms with E-state index in [-0.39, 0.29) is 36.2 Å². The number of halogens is 4. The molecule has 0 aliphatic heterocycles. The van der Waals surface area contributed by atoms with E-state index in [4.69, 9.17) is 5.26 Å². The standard InChI is InChI=1S/C11H10F4N2S/c12-10-2-1-8(6-16)5-9(10)7-17-3-4-18-11(13,14)15/h1-2,5,17H,3-4,7H2. The zero-order chi connectivity index (χ0) is 13.6. The zero-order valence-corrected chi connectivity index (χ0v) is 10.0. The van der Waals surface area contributed by atoms with Crippen LogP contribution in [0.2, 0.25) is 0 Å². The monoisotopic (exact) mass is 278 g/mol. The van der Waals surface area contributed by atoms with E-state index in [1.807, 2.05) is 6.07 Å². The van der Waals surface area contributed by atoms with Gasteiger partial charge in [0.1, 0.15) is 5.82 Å². The van der Waals surface area contributed by atoms with E-state index in [1.165, 1.54) is 18.2 Å². The van der Waals surface area contributed by atoms with Crippen LogP contribution < -0.4 is 5.32 Å². The Hall–Kier alpha value is -1.26. The molecule has 7 heteroatoms. The lowest BCUT2D eigenvalue weighted by molar-refractivity contribution is -0.0327. The third-order valence-electron chi connectivity index (χ3n) is 2.03. The fraction of sp³-hybridized carbons (Fsp3) is 0.364. The fourth-order valence-corrected chi connectivity index (χ4v) is 1.72. The summed E-state index contributed by atoms with van der Waals surface area (Å²) >= 11 is -0.128. The van der Waals surface area contributed by atoms with Gasteiger partial charge >= 0.3 is 5.51 Å². The summed E-state index contributed by atoms with van der Waals surface area (Å²) in [7, 11) is 0. The summed E-state index contributed by atoms with van der Waals surface area (Å²) in [6.45, 7) is 0.209. The number of nitrogens with one attached hydrogen (secondary N) is 1. The summed E-state index contributed by atoms with van der Waals surface area (Å²) in [4.78, 5) is 0. The number of thioether (sulfide) groups is 1. The van der Waals surface area contributed by atoms with Gasteiger partial charge in [-0.25, -0.2) is 4.39 Å². The summed E-state index contributed by atoms with van der Waals surface area (Å²) in [6.07, 6.45) is 0. The van der Waals surface area contributed by atoms with Crippen molar-refractivity contribution in [2.45, 2.75) is 12.1 Å². The molecule has 0 spiro atoms. The molecule has 98 valence electrons. The third-order valence-corrected chi connectivity index (χ3v) is 2.77. The first-order valence-corrected chi connectivity index (χ1v) is 6.01. The number of alkyl halides is 3. The van der Waals surface area contributed by atoms with Crippen molar-refractivity contribution in [3.8, 4) is 6.07 Å². The first kappa shape index (κ1) is 14.8. The van der Waals surface area contributed by atoms with Gasteiger partial charge in [0.2, 0.25) is 0 Å². The van der Waals surface area contributed by atoms with Crippen molar-refractivity contribution in [3.05, 3.63) is 35.1 Å². The van der Waals surface area contributed by atoms with Crippen LogP contribution in [0.4, 0.5) is 17.6 Å². The van der Waals surface area contributed by atoms with Crippen LogP contribution >= 0.6 is 11.8 Å². The van der Waals surface area contributed by atoms with Crippen LogP contribution in [-0.2, 0) is 6.54 Å². The Kier molecular flexibility index (Phi) is 5.44. The first-order chi connectivity index (χ1) is 8.42. The Morgan fingerprint density at radius 1 is 1.33 bits per heavy atom. The molecule has 1 rings (SSSR count). The summed E-state index contributed by atoms with van der Waals surface area (Å²) in [5.74, 6) is -0.617. The number of nitrogens with zero attached hydrogens (tertiary/aromatic N) is 1. The zero-order valence-electron chi connectivity index (χ0n) is 9.22. The maximum Gasteiger partial charge on any atom is 0.441 e. The molecular weight excluding hydrogens is 268 g/mol. The molecule has 0 amide bonds. The van der Waals surface area contributed by atoms with Gasteiger partial charge in [0, 0.05) is 24.4 Å². The van der Waals surface area contributed by atoms with E-state index in [1.54, 1.807) is 0 Å². The smallest absolute Gasteiger partial charge is 0.312 e. The van der Waals surface area contributed by atoms with Gasteiger partial charge in [-0.1, -0.05) is 0 Å². The summed E-state index contributed by atoms with van der Waals surface area (Å²) in [5, 5.41) is 11.3. The van der Waals surface area contributed by atoms with E-state index in [0.29, 0.717) is 5.56 Å². The minimum atomic E-state index is -4.24. The highest BCUT2D eigenvalue weighted by Gasteiger charge is 2.27. The molecule has 0 heterocycles. The highest BCUT2D eigenvalue weighted by atomic mass is 32.2. The van der Waals surface area contributed by atoms with Gasteiger partial charge in [0.05, 0.1) is 11.6 Å². The minimum absolute atomic E-state index is 0.0970. The van der Waals surface area contributed by atoms with Gasteiger partial charge in [-0.05, 0) is 30.0 Å². The number of hydrogen-bond donors (Lipinski definition) is 1. The lowest BCUT2D eigenvalue weighted by Gasteiger charge is -2.07. The van der Waals surface area contributed by atoms with Crippen molar-refractivity contribution in [2.24, 2.45) is 0 Å². The SMILES string of the molecule is N#Cc1ccc(F)c(CNCCSC(F)(F)F)c1. The molecule has 0 saturated carbocycles. The van der Waals surface area contributed by atoms with Crippen LogP contribution in [0.1, 0.15) is 11.1 Å². The number of rotatable bonds is 5. The van der Waals surface area contributed by atoms with Crippen LogP contribution in [0.25, 0.3) is 0 Å². The molecular formula is C11H10F4N2S. The van der Waals surface area contributed by atoms with Crippen molar-refractivity contribution in [1.82, 2.24) is 5.32 Å². The van der Waals surface area contributed by atoms with Crippen molar-refractivity contribution in [2.75, 3.05) is 12.3 Å². The van der Waals surface area contributed by atoms with Crippen LogP contribution in [0.3, 0.4) is 0 Å². The molecule has 0 atom stereocenters. The maximum absolute atomic E-state index is 13.3. The van der Waals surface area contributed by atoms with E-state index in [0.717, 1.165) is 0 Å². The minimum Gasteiger partial charge on any atom is -0.312 e. The first-order valence-electron chi connectivity index (χ1n) is 5.02. The largest absolute Gasteiger partial charge is 0.441 e. The molecule has 2 nitrogen and oxygen atoms in total. The molecule has 18 heavy (non-hydrogen) atoms. The number of nitriles is 1. The Balaban J connectivity index is 2.38. The van der Waals surface area contributed by atoms with Gasteiger partial charge in [-0.3, -0.25) is 0 Å². The van der Waals surface area contributed by atoms with Crippen LogP contribution in [0.15, 0.2) is 18.2 Å². The van der Waals surface area contributed by atoms with Crippen LogP contribution in [0.5, 0.6) is 0 Å². The molecule has 0 saturated heterocycles. The average molecular weight is 278 g/mol. The lowest BCUT2D eigenvalue weighted by atomic mass is 10.1. The maximum atomic E-state index is 13.3. The summed E-state index contributed by atoms with van der Waals surface area (Å²) in [5.41, 5.74) is -3.66. The van der Waals surface area contributed by atoms with E-state index in [9.17, 15) is 17.6 Å². The molecule has 0 unspecified atom stereocenters. The van der Waals surface area contributed by atoms with Crippen LogP contribution in [-0.4, -0.2) is 17.8 Å². The Bertz CT molecular complexity index is 440. The van der Waals surface area contributed by atoms with Gasteiger partial charge in [0.25, 0.3) is 0 Å². The second-order valence-electron chi connectivity index (χ2n) is 3.39. The van der Waals surface area contributed by atoms with Crippen molar-refractivity contribution in [1.29, 1.82) is 5.26 Å². The molecule has 0 aliphatic rings. The number of hydrogen-bond acceptors (Lipinski definition) is 3. The molecule has 0 bridgehead atoms. The molecule has 0 radical (unpaired) electrons. The molecule has 0 aliphatic carbocycles. The van der Waals surface area contributed by atoms with Gasteiger partial charge in [-0.2, -0.15) is 18.4 Å². The van der Waals surface area contributed by atoms with Crippen molar-refractivity contribution < 1.29 is 17.6 Å². The predicted molar refractivity (Wildman–Crippen MR) is 61.3 cm³/mol. The van der Waals surface area contributed by atoms with E-state index in [2.05, 4.69) is 5.32 Å². The Morgan fingerprint density at radius 2 is 2.06 bits per heavy atom. The molecule has 1 aromatic carbocycles. The van der Waals surface area contributed by atoms with Gasteiger partial charge in [0.15, 0.2) is 0 Å². The van der Waals surface area contributed by atoms with Crippen LogP contribution in [0, 0.1) is 17.1 Å². The third kappa shape index (κ3) is 5.38. The Morgan fingerprint density at radius 3 is 2.67 bits per heavy atom. The fourth-order valence-electron chi connectivity index (χ4n) is 1.24. The molecule has 1 aromatic rings. The van der Waals surface area contributed by atoms with Gasteiger partial charge in [-0.15, -0.1) is 0 Å². The topological polar surface area (TPSA) is 35.8 Å². The normalized spacial score (nSPS) is 11.3. The quantitative estimate of drug-likeness (QED) is 0.664. The van der Waals surface area contributed by atoms with E-state index >= 15 is 0 Å². The second-order valence-corrected chi connectivity index (χ2v) is 4.55. The molecule has 0 fully saturated rings. The highest BCUT2D eigenvalue weighted by Crippen LogP contribution is 2.29. The predicted octanol–water partition coefficient (Wildman–Crippen LogP) is 3.04. The Labute approximate surface area is 106 Å². The average Bonchev–Trinajstić information content (AvgIpc) is 2.29. The van der Waals surface area contributed by atoms with E-state index < -0.39 is 11.3 Å². The highest BCUT2D eigenvalue weighted by molar-refractivity contribution is 8.00. The van der Waals surface area contributed by atoms with Crippen molar-refractivity contribution in [3.63, 3.8) is 0 Å². The second kappa shape index (κ2) is 6.61.